The van der Waals surface area contributed by atoms with Crippen LogP contribution in [0.1, 0.15) is 16.4 Å². The van der Waals surface area contributed by atoms with E-state index in [0.29, 0.717) is 0 Å². The van der Waals surface area contributed by atoms with Gasteiger partial charge in [0, 0.05) is 0 Å². The van der Waals surface area contributed by atoms with Gasteiger partial charge in [-0.25, -0.2) is 8.78 Å². The first-order valence-corrected chi connectivity index (χ1v) is 9.08. The molecule has 1 aromatic heterocycles. The molecule has 0 bridgehead atoms. The Bertz CT molecular complexity index is 953. The summed E-state index contributed by atoms with van der Waals surface area (Å²) in [6.07, 6.45) is 2.04. The van der Waals surface area contributed by atoms with Gasteiger partial charge in [-0.3, -0.25) is 10.1 Å². The fourth-order valence-corrected chi connectivity index (χ4v) is 4.16. The topological polar surface area (TPSA) is 55.1 Å². The predicted molar refractivity (Wildman–Crippen MR) is 95.8 cm³/mol. The number of carbonyl (C=O) groups is 1. The lowest BCUT2D eigenvalue weighted by Gasteiger charge is -2.23. The van der Waals surface area contributed by atoms with Gasteiger partial charge in [0.05, 0.1) is 5.56 Å². The molecule has 7 heteroatoms. The number of nitrogens with one attached hydrogen (secondary N) is 1. The van der Waals surface area contributed by atoms with Crippen LogP contribution in [-0.2, 0) is 11.2 Å². The van der Waals surface area contributed by atoms with Crippen LogP contribution in [0.25, 0.3) is 11.3 Å². The number of fused-ring (bicyclic) bond motifs is 1. The molecular formula is C19H14F2N2O2S. The molecule has 1 amide bonds. The number of rotatable bonds is 3. The van der Waals surface area contributed by atoms with Crippen molar-refractivity contribution < 1.29 is 18.0 Å². The summed E-state index contributed by atoms with van der Waals surface area (Å²) < 4.78 is 32.9. The standard InChI is InChI=1S/C19H14F2N2O2S/c20-13-6-3-7-14(21)16(13)15-10-25-19(22-15)23-18(24)17-12-5-2-1-4-11(12)8-9-26-17/h1-7,10,17H,8-9H2,(H,22,23,24)/t17-/m1/s1. The highest BCUT2D eigenvalue weighted by Gasteiger charge is 2.28. The van der Waals surface area contributed by atoms with Crippen LogP contribution in [0.15, 0.2) is 53.1 Å². The Labute approximate surface area is 152 Å². The number of anilines is 1. The van der Waals surface area contributed by atoms with Crippen LogP contribution in [0.3, 0.4) is 0 Å². The molecule has 0 fully saturated rings. The molecular weight excluding hydrogens is 358 g/mol. The maximum absolute atomic E-state index is 13.9. The van der Waals surface area contributed by atoms with Gasteiger partial charge in [0.1, 0.15) is 28.8 Å². The van der Waals surface area contributed by atoms with Crippen molar-refractivity contribution in [1.82, 2.24) is 4.98 Å². The van der Waals surface area contributed by atoms with Gasteiger partial charge < -0.3 is 4.42 Å². The van der Waals surface area contributed by atoms with E-state index < -0.39 is 11.6 Å². The Balaban J connectivity index is 1.56. The molecule has 1 aliphatic heterocycles. The maximum Gasteiger partial charge on any atom is 0.301 e. The number of hydrogen-bond acceptors (Lipinski definition) is 4. The number of nitrogens with zero attached hydrogens (tertiary/aromatic N) is 1. The third-order valence-electron chi connectivity index (χ3n) is 4.18. The van der Waals surface area contributed by atoms with E-state index in [-0.39, 0.29) is 28.4 Å². The maximum atomic E-state index is 13.9. The summed E-state index contributed by atoms with van der Waals surface area (Å²) in [6, 6.07) is 11.3. The minimum absolute atomic E-state index is 0.00685. The Morgan fingerprint density at radius 1 is 1.15 bits per heavy atom. The van der Waals surface area contributed by atoms with Gasteiger partial charge in [-0.15, -0.1) is 11.8 Å². The number of thioether (sulfide) groups is 1. The lowest BCUT2D eigenvalue weighted by atomic mass is 10.0. The molecule has 2 aromatic carbocycles. The zero-order chi connectivity index (χ0) is 18.1. The van der Waals surface area contributed by atoms with Crippen molar-refractivity contribution in [3.05, 3.63) is 71.5 Å². The molecule has 0 saturated heterocycles. The lowest BCUT2D eigenvalue weighted by molar-refractivity contribution is -0.116. The first-order valence-electron chi connectivity index (χ1n) is 8.03. The Hall–Kier alpha value is -2.67. The van der Waals surface area contributed by atoms with Crippen LogP contribution < -0.4 is 5.32 Å². The molecule has 1 aliphatic rings. The van der Waals surface area contributed by atoms with Crippen molar-refractivity contribution in [2.45, 2.75) is 11.7 Å². The monoisotopic (exact) mass is 372 g/mol. The van der Waals surface area contributed by atoms with E-state index in [1.807, 2.05) is 24.3 Å². The first-order chi connectivity index (χ1) is 12.6. The smallest absolute Gasteiger partial charge is 0.301 e. The fourth-order valence-electron chi connectivity index (χ4n) is 2.97. The van der Waals surface area contributed by atoms with E-state index in [4.69, 9.17) is 4.42 Å². The molecule has 3 aromatic rings. The molecule has 132 valence electrons. The summed E-state index contributed by atoms with van der Waals surface area (Å²) >= 11 is 1.54. The summed E-state index contributed by atoms with van der Waals surface area (Å²) in [4.78, 5) is 16.6. The minimum atomic E-state index is -0.743. The molecule has 1 atom stereocenters. The first kappa shape index (κ1) is 16.8. The zero-order valence-corrected chi connectivity index (χ0v) is 14.4. The second kappa shape index (κ2) is 6.92. The number of carbonyl (C=O) groups excluding carboxylic acids is 1. The van der Waals surface area contributed by atoms with Crippen LogP contribution in [0, 0.1) is 11.6 Å². The van der Waals surface area contributed by atoms with Crippen molar-refractivity contribution >= 4 is 23.7 Å². The second-order valence-corrected chi connectivity index (χ2v) is 7.04. The lowest BCUT2D eigenvalue weighted by Crippen LogP contribution is -2.23. The minimum Gasteiger partial charge on any atom is -0.431 e. The third kappa shape index (κ3) is 3.10. The number of amides is 1. The van der Waals surface area contributed by atoms with E-state index >= 15 is 0 Å². The normalized spacial score (nSPS) is 16.2. The number of oxazole rings is 1. The second-order valence-electron chi connectivity index (χ2n) is 5.82. The van der Waals surface area contributed by atoms with Gasteiger partial charge in [0.15, 0.2) is 0 Å². The molecule has 0 unspecified atom stereocenters. The predicted octanol–water partition coefficient (Wildman–Crippen LogP) is 4.59. The molecule has 0 aliphatic carbocycles. The van der Waals surface area contributed by atoms with E-state index in [2.05, 4.69) is 10.3 Å². The molecule has 0 spiro atoms. The molecule has 0 radical (unpaired) electrons. The summed E-state index contributed by atoms with van der Waals surface area (Å²) in [7, 11) is 0. The molecule has 1 N–H and O–H groups in total. The highest BCUT2D eigenvalue weighted by molar-refractivity contribution is 8.00. The Morgan fingerprint density at radius 3 is 2.73 bits per heavy atom. The summed E-state index contributed by atoms with van der Waals surface area (Å²) in [6.45, 7) is 0. The Morgan fingerprint density at radius 2 is 1.92 bits per heavy atom. The number of aryl methyl sites for hydroxylation is 1. The largest absolute Gasteiger partial charge is 0.431 e. The Kier molecular flexibility index (Phi) is 4.46. The van der Waals surface area contributed by atoms with E-state index in [1.165, 1.54) is 17.8 Å². The van der Waals surface area contributed by atoms with Crippen LogP contribution in [-0.4, -0.2) is 16.6 Å². The van der Waals surface area contributed by atoms with Crippen molar-refractivity contribution in [1.29, 1.82) is 0 Å². The average molecular weight is 372 g/mol. The number of hydrogen-bond donors (Lipinski definition) is 1. The van der Waals surface area contributed by atoms with Crippen molar-refractivity contribution in [2.75, 3.05) is 11.1 Å². The fraction of sp³-hybridized carbons (Fsp3) is 0.158. The van der Waals surface area contributed by atoms with Gasteiger partial charge in [-0.1, -0.05) is 30.3 Å². The molecule has 0 saturated carbocycles. The highest BCUT2D eigenvalue weighted by atomic mass is 32.2. The number of benzene rings is 2. The average Bonchev–Trinajstić information content (AvgIpc) is 3.09. The van der Waals surface area contributed by atoms with Crippen molar-refractivity contribution in [2.24, 2.45) is 0 Å². The van der Waals surface area contributed by atoms with Gasteiger partial charge in [0.2, 0.25) is 5.91 Å². The van der Waals surface area contributed by atoms with E-state index in [9.17, 15) is 13.6 Å². The quantitative estimate of drug-likeness (QED) is 0.731. The zero-order valence-electron chi connectivity index (χ0n) is 13.5. The molecule has 4 rings (SSSR count). The summed E-state index contributed by atoms with van der Waals surface area (Å²) in [5.74, 6) is -0.919. The number of halogens is 2. The van der Waals surface area contributed by atoms with Gasteiger partial charge in [0.25, 0.3) is 0 Å². The van der Waals surface area contributed by atoms with Gasteiger partial charge >= 0.3 is 6.01 Å². The van der Waals surface area contributed by atoms with Gasteiger partial charge in [-0.2, -0.15) is 4.98 Å². The molecule has 26 heavy (non-hydrogen) atoms. The highest BCUT2D eigenvalue weighted by Crippen LogP contribution is 2.37. The summed E-state index contributed by atoms with van der Waals surface area (Å²) in [5.41, 5.74) is 1.82. The van der Waals surface area contributed by atoms with Crippen LogP contribution >= 0.6 is 11.8 Å². The van der Waals surface area contributed by atoms with Crippen LogP contribution in [0.2, 0.25) is 0 Å². The summed E-state index contributed by atoms with van der Waals surface area (Å²) in [5, 5.41) is 2.22. The molecule has 2 heterocycles. The van der Waals surface area contributed by atoms with Crippen LogP contribution in [0.4, 0.5) is 14.8 Å². The van der Waals surface area contributed by atoms with E-state index in [1.54, 1.807) is 0 Å². The molecule has 4 nitrogen and oxygen atoms in total. The van der Waals surface area contributed by atoms with Crippen LogP contribution in [0.5, 0.6) is 0 Å². The SMILES string of the molecule is O=C(Nc1nc(-c2c(F)cccc2F)co1)[C@@H]1SCCc2ccccc21. The number of aromatic nitrogens is 1. The van der Waals surface area contributed by atoms with Gasteiger partial charge in [-0.05, 0) is 35.4 Å². The third-order valence-corrected chi connectivity index (χ3v) is 5.43. The van der Waals surface area contributed by atoms with Crippen molar-refractivity contribution in [3.63, 3.8) is 0 Å². The van der Waals surface area contributed by atoms with Crippen molar-refractivity contribution in [3.8, 4) is 11.3 Å². The van der Waals surface area contributed by atoms with E-state index in [0.717, 1.165) is 41.7 Å².